The Hall–Kier alpha value is -5.75. The van der Waals surface area contributed by atoms with Crippen molar-refractivity contribution < 1.29 is 44.0 Å². The Balaban J connectivity index is 1.90. The summed E-state index contributed by atoms with van der Waals surface area (Å²) >= 11 is 0. The van der Waals surface area contributed by atoms with Crippen LogP contribution >= 0.6 is 0 Å². The molecule has 3 aromatic rings. The van der Waals surface area contributed by atoms with E-state index in [-0.39, 0.29) is 31.1 Å². The topological polar surface area (TPSA) is 234 Å². The van der Waals surface area contributed by atoms with Gasteiger partial charge in [-0.25, -0.2) is 4.79 Å². The van der Waals surface area contributed by atoms with Crippen molar-refractivity contribution in [3.05, 3.63) is 63.9 Å². The fourth-order valence-corrected chi connectivity index (χ4v) is 4.46. The molecule has 2 amide bonds. The first-order chi connectivity index (χ1) is 21.4. The number of aliphatic carboxylic acids is 3. The predicted molar refractivity (Wildman–Crippen MR) is 160 cm³/mol. The van der Waals surface area contributed by atoms with E-state index in [1.54, 1.807) is 23.1 Å². The minimum atomic E-state index is -1.83. The molecule has 0 fully saturated rings. The van der Waals surface area contributed by atoms with E-state index in [2.05, 4.69) is 15.9 Å². The van der Waals surface area contributed by atoms with Gasteiger partial charge in [-0.1, -0.05) is 12.0 Å². The van der Waals surface area contributed by atoms with Crippen molar-refractivity contribution in [2.24, 2.45) is 5.73 Å². The number of carbonyl (C=O) groups excluding carboxylic acids is 2. The maximum Gasteiger partial charge on any atom is 0.326 e. The zero-order valence-electron chi connectivity index (χ0n) is 24.1. The monoisotopic (exact) mass is 621 g/mol. The van der Waals surface area contributed by atoms with Gasteiger partial charge < -0.3 is 30.7 Å². The lowest BCUT2D eigenvalue weighted by Gasteiger charge is -2.28. The third-order valence-corrected chi connectivity index (χ3v) is 6.78. The molecule has 0 spiro atoms. The average Bonchev–Trinajstić information content (AvgIpc) is 3.01. The first-order valence-electron chi connectivity index (χ1n) is 13.5. The lowest BCUT2D eigenvalue weighted by Crippen LogP contribution is -2.49. The number of amides is 2. The molecule has 15 heteroatoms. The molecule has 0 aliphatic carbocycles. The second-order valence-corrected chi connectivity index (χ2v) is 9.87. The number of nitrogens with one attached hydrogen (secondary N) is 1. The molecule has 0 saturated heterocycles. The molecule has 236 valence electrons. The van der Waals surface area contributed by atoms with Crippen LogP contribution in [0, 0.1) is 12.3 Å². The number of fused-ring (bicyclic) bond motifs is 1. The van der Waals surface area contributed by atoms with Crippen molar-refractivity contribution in [3.8, 4) is 18.4 Å². The van der Waals surface area contributed by atoms with Gasteiger partial charge in [0, 0.05) is 30.6 Å². The predicted octanol–water partition coefficient (Wildman–Crippen LogP) is 1.05. The molecule has 6 N–H and O–H groups in total. The summed E-state index contributed by atoms with van der Waals surface area (Å²) < 4.78 is 5.00. The molecular weight excluding hydrogens is 590 g/mol. The molecule has 3 rings (SSSR count). The number of hydrogen-bond donors (Lipinski definition) is 5. The van der Waals surface area contributed by atoms with E-state index in [1.807, 2.05) is 0 Å². The van der Waals surface area contributed by atoms with Crippen LogP contribution in [0.25, 0.3) is 10.9 Å². The Kier molecular flexibility index (Phi) is 11.3. The summed E-state index contributed by atoms with van der Waals surface area (Å²) in [6, 6.07) is 7.65. The number of anilines is 1. The van der Waals surface area contributed by atoms with Crippen LogP contribution in [0.4, 0.5) is 5.69 Å². The molecule has 45 heavy (non-hydrogen) atoms. The Morgan fingerprint density at radius 2 is 1.71 bits per heavy atom. The van der Waals surface area contributed by atoms with Gasteiger partial charge in [0.25, 0.3) is 17.5 Å². The highest BCUT2D eigenvalue weighted by Gasteiger charge is 2.36. The zero-order chi connectivity index (χ0) is 33.3. The van der Waals surface area contributed by atoms with Crippen molar-refractivity contribution in [1.29, 1.82) is 0 Å². The molecule has 0 unspecified atom stereocenters. The number of nitrogens with zero attached hydrogens (tertiary/aromatic N) is 3. The average molecular weight is 622 g/mol. The van der Waals surface area contributed by atoms with E-state index >= 15 is 0 Å². The highest BCUT2D eigenvalue weighted by atomic mass is 16.5. The first kappa shape index (κ1) is 33.7. The molecule has 1 heterocycles. The van der Waals surface area contributed by atoms with E-state index < -0.39 is 66.6 Å². The van der Waals surface area contributed by atoms with Crippen LogP contribution in [-0.4, -0.2) is 85.6 Å². The number of methoxy groups -OCH3 is 1. The molecule has 2 atom stereocenters. The molecule has 0 aliphatic rings. The quantitative estimate of drug-likeness (QED) is 0.149. The Labute approximate surface area is 256 Å². The number of terminal acetylenes is 1. The van der Waals surface area contributed by atoms with Gasteiger partial charge in [0.1, 0.15) is 12.1 Å². The SMILES string of the molecule is C#CCN(Cc1ccc2nc(OC)[nH]c(=O)c2c1)c1ccc(C(=O)N(C(=O)CC[C@H](N)C(=O)O)[C@H](CCC(=O)O)C(=O)O)cc1. The number of imide groups is 1. The van der Waals surface area contributed by atoms with Crippen molar-refractivity contribution >= 4 is 46.3 Å². The van der Waals surface area contributed by atoms with Crippen LogP contribution < -0.4 is 20.9 Å². The summed E-state index contributed by atoms with van der Waals surface area (Å²) in [6.45, 7) is 0.386. The fraction of sp³-hybridized carbons (Fsp3) is 0.300. The maximum atomic E-state index is 13.5. The number of ether oxygens (including phenoxy) is 1. The van der Waals surface area contributed by atoms with Crippen LogP contribution in [0.3, 0.4) is 0 Å². The van der Waals surface area contributed by atoms with Gasteiger partial charge in [0.05, 0.1) is 24.6 Å². The van der Waals surface area contributed by atoms with Crippen molar-refractivity contribution in [2.75, 3.05) is 18.6 Å². The summed E-state index contributed by atoms with van der Waals surface area (Å²) in [5.74, 6) is -3.83. The smallest absolute Gasteiger partial charge is 0.326 e. The van der Waals surface area contributed by atoms with E-state index in [1.165, 1.54) is 31.4 Å². The van der Waals surface area contributed by atoms with Gasteiger partial charge in [-0.3, -0.25) is 33.9 Å². The zero-order valence-corrected chi connectivity index (χ0v) is 24.1. The molecular formula is C30H31N5O10. The van der Waals surface area contributed by atoms with E-state index in [0.29, 0.717) is 21.5 Å². The number of carbonyl (C=O) groups is 5. The molecule has 0 radical (unpaired) electrons. The summed E-state index contributed by atoms with van der Waals surface area (Å²) in [5.41, 5.74) is 6.68. The van der Waals surface area contributed by atoms with Gasteiger partial charge in [-0.2, -0.15) is 4.98 Å². The summed E-state index contributed by atoms with van der Waals surface area (Å²) in [7, 11) is 1.38. The number of aromatic amines is 1. The summed E-state index contributed by atoms with van der Waals surface area (Å²) in [5, 5.41) is 28.2. The maximum absolute atomic E-state index is 13.5. The number of nitrogens with two attached hydrogens (primary N) is 1. The Bertz CT molecular complexity index is 1700. The van der Waals surface area contributed by atoms with Gasteiger partial charge in [-0.05, 0) is 54.8 Å². The molecule has 15 nitrogen and oxygen atoms in total. The number of H-pyrrole nitrogens is 1. The van der Waals surface area contributed by atoms with Crippen molar-refractivity contribution in [2.45, 2.75) is 44.3 Å². The third kappa shape index (κ3) is 8.65. The first-order valence-corrected chi connectivity index (χ1v) is 13.5. The number of hydrogen-bond acceptors (Lipinski definition) is 10. The number of benzene rings is 2. The van der Waals surface area contributed by atoms with Gasteiger partial charge >= 0.3 is 17.9 Å². The van der Waals surface area contributed by atoms with E-state index in [9.17, 15) is 33.9 Å². The molecule has 1 aromatic heterocycles. The molecule has 0 saturated carbocycles. The summed E-state index contributed by atoms with van der Waals surface area (Å²) in [6.07, 6.45) is 3.42. The van der Waals surface area contributed by atoms with Crippen molar-refractivity contribution in [3.63, 3.8) is 0 Å². The van der Waals surface area contributed by atoms with E-state index in [4.69, 9.17) is 27.1 Å². The van der Waals surface area contributed by atoms with Crippen LogP contribution in [-0.2, 0) is 25.7 Å². The van der Waals surface area contributed by atoms with Gasteiger partial charge in [0.2, 0.25) is 5.91 Å². The Morgan fingerprint density at radius 3 is 2.29 bits per heavy atom. The minimum absolute atomic E-state index is 0.0736. The fourth-order valence-electron chi connectivity index (χ4n) is 4.46. The van der Waals surface area contributed by atoms with Gasteiger partial charge in [0.15, 0.2) is 0 Å². The summed E-state index contributed by atoms with van der Waals surface area (Å²) in [4.78, 5) is 82.3. The normalized spacial score (nSPS) is 12.0. The number of aromatic nitrogens is 2. The van der Waals surface area contributed by atoms with Gasteiger partial charge in [-0.15, -0.1) is 6.42 Å². The highest BCUT2D eigenvalue weighted by molar-refractivity contribution is 6.07. The molecule has 2 aromatic carbocycles. The van der Waals surface area contributed by atoms with Crippen LogP contribution in [0.2, 0.25) is 0 Å². The number of carboxylic acids is 3. The molecule has 0 bridgehead atoms. The van der Waals surface area contributed by atoms with Crippen molar-refractivity contribution in [1.82, 2.24) is 14.9 Å². The second kappa shape index (κ2) is 15.1. The Morgan fingerprint density at radius 1 is 1.02 bits per heavy atom. The van der Waals surface area contributed by atoms with Crippen LogP contribution in [0.5, 0.6) is 6.01 Å². The standard InChI is InChI=1S/C30H31N5O10/c1-3-14-34(16-17-4-10-22-20(15-17)26(39)33-30(32-22)45-2)19-7-5-18(6-8-19)27(40)35(23(29(43)44)11-13-25(37)38)24(36)12-9-21(31)28(41)42/h1,4-8,10,15,21,23H,9,11-14,16,31H2,2H3,(H,37,38)(H,41,42)(H,43,44)(H,32,33,39)/t21-,23+/m0/s1. The lowest BCUT2D eigenvalue weighted by atomic mass is 10.0. The lowest BCUT2D eigenvalue weighted by molar-refractivity contribution is -0.149. The highest BCUT2D eigenvalue weighted by Crippen LogP contribution is 2.22. The number of carboxylic acid groups (broad SMARTS) is 3. The minimum Gasteiger partial charge on any atom is -0.481 e. The van der Waals surface area contributed by atoms with E-state index in [0.717, 1.165) is 5.56 Å². The molecule has 0 aliphatic heterocycles. The van der Waals surface area contributed by atoms with Crippen LogP contribution in [0.15, 0.2) is 47.3 Å². The number of rotatable bonds is 15. The van der Waals surface area contributed by atoms with Crippen LogP contribution in [0.1, 0.15) is 41.6 Å². The largest absolute Gasteiger partial charge is 0.481 e. The third-order valence-electron chi connectivity index (χ3n) is 6.78. The second-order valence-electron chi connectivity index (χ2n) is 9.87.